The van der Waals surface area contributed by atoms with Crippen LogP contribution in [-0.4, -0.2) is 14.1 Å². The molecule has 220 valence electrons. The largest absolute Gasteiger partial charge is 0.457 e. The van der Waals surface area contributed by atoms with E-state index in [2.05, 4.69) is 154 Å². The Morgan fingerprint density at radius 3 is 2.23 bits per heavy atom. The number of nitrogens with zero attached hydrogens (tertiary/aromatic N) is 4. The summed E-state index contributed by atoms with van der Waals surface area (Å²) < 4.78 is 13.2. The number of fused-ring (bicyclic) bond motifs is 4. The summed E-state index contributed by atoms with van der Waals surface area (Å²) in [6.07, 6.45) is 4.04. The van der Waals surface area contributed by atoms with Crippen molar-refractivity contribution in [3.63, 3.8) is 0 Å². The Hall–Kier alpha value is -4.90. The molecule has 0 radical (unpaired) electrons. The predicted molar refractivity (Wildman–Crippen MR) is 181 cm³/mol. The first-order valence-corrected chi connectivity index (χ1v) is 15.3. The summed E-state index contributed by atoms with van der Waals surface area (Å²) in [6, 6.07) is 34.1. The number of pyridine rings is 1. The van der Waals surface area contributed by atoms with Crippen molar-refractivity contribution in [2.24, 2.45) is 7.05 Å². The highest BCUT2D eigenvalue weighted by atomic mass is 16.5. The second-order valence-electron chi connectivity index (χ2n) is 13.8. The average Bonchev–Trinajstić information content (AvgIpc) is 3.51. The van der Waals surface area contributed by atoms with Crippen molar-refractivity contribution in [1.82, 2.24) is 14.1 Å². The maximum Gasteiger partial charge on any atom is 0.249 e. The molecule has 3 heterocycles. The molecule has 7 rings (SSSR count). The van der Waals surface area contributed by atoms with E-state index in [1.807, 2.05) is 18.3 Å². The molecule has 0 N–H and O–H groups in total. The van der Waals surface area contributed by atoms with Gasteiger partial charge < -0.3 is 4.74 Å². The molecule has 0 spiro atoms. The Labute approximate surface area is 259 Å². The average molecular weight is 580 g/mol. The zero-order valence-corrected chi connectivity index (χ0v) is 26.6. The number of rotatable bonds is 4. The van der Waals surface area contributed by atoms with Gasteiger partial charge in [0.15, 0.2) is 11.0 Å². The zero-order chi connectivity index (χ0) is 30.8. The molecular formula is C39H39N4O+. The number of hydrogen-bond donors (Lipinski definition) is 0. The normalized spacial score (nSPS) is 12.4. The fraction of sp³-hybridized carbons (Fsp3) is 0.231. The van der Waals surface area contributed by atoms with Crippen LogP contribution in [0.5, 0.6) is 11.5 Å². The minimum Gasteiger partial charge on any atom is -0.457 e. The number of para-hydroxylation sites is 2. The Morgan fingerprint density at radius 1 is 0.682 bits per heavy atom. The van der Waals surface area contributed by atoms with Gasteiger partial charge in [-0.2, -0.15) is 4.57 Å². The van der Waals surface area contributed by atoms with Gasteiger partial charge in [0.2, 0.25) is 6.33 Å². The van der Waals surface area contributed by atoms with Crippen LogP contribution in [0.2, 0.25) is 0 Å². The van der Waals surface area contributed by atoms with Gasteiger partial charge in [-0.05, 0) is 76.6 Å². The first-order chi connectivity index (χ1) is 21.0. The van der Waals surface area contributed by atoms with Gasteiger partial charge in [0, 0.05) is 29.1 Å². The van der Waals surface area contributed by atoms with Gasteiger partial charge in [0.1, 0.15) is 23.0 Å². The third kappa shape index (κ3) is 4.73. The van der Waals surface area contributed by atoms with E-state index in [0.29, 0.717) is 0 Å². The molecule has 0 amide bonds. The highest BCUT2D eigenvalue weighted by Gasteiger charge is 2.24. The fourth-order valence-electron chi connectivity index (χ4n) is 6.29. The van der Waals surface area contributed by atoms with E-state index in [0.717, 1.165) is 39.6 Å². The Balaban J connectivity index is 1.38. The van der Waals surface area contributed by atoms with E-state index in [-0.39, 0.29) is 10.8 Å². The van der Waals surface area contributed by atoms with Crippen molar-refractivity contribution in [2.45, 2.75) is 52.4 Å². The number of imidazole rings is 1. The monoisotopic (exact) mass is 579 g/mol. The Bertz CT molecular complexity index is 2190. The molecule has 0 aliphatic heterocycles. The molecule has 7 aromatic rings. The van der Waals surface area contributed by atoms with Gasteiger partial charge >= 0.3 is 0 Å². The first kappa shape index (κ1) is 27.9. The summed E-state index contributed by atoms with van der Waals surface area (Å²) in [6.45, 7) is 13.6. The number of ether oxygens (including phenoxy) is 1. The number of benzene rings is 4. The minimum atomic E-state index is -0.0196. The van der Waals surface area contributed by atoms with Crippen LogP contribution < -0.4 is 9.30 Å². The topological polar surface area (TPSA) is 35.9 Å². The number of hydrogen-bond acceptors (Lipinski definition) is 2. The summed E-state index contributed by atoms with van der Waals surface area (Å²) in [5.41, 5.74) is 8.16. The second kappa shape index (κ2) is 10.1. The van der Waals surface area contributed by atoms with E-state index in [9.17, 15) is 0 Å². The molecule has 0 fully saturated rings. The standard InChI is InChI=1S/C39H39N4O/c1-38(2,3)26-20-21-40-36(22-26)43-34-17-11-14-31(39(4,5)6)37(34)30-19-18-29(24-35(30)43)44-28-13-10-12-27(23-28)42-25-41(7)32-15-8-9-16-33(32)42/h8-25H,1-7H3/q+1. The van der Waals surface area contributed by atoms with Gasteiger partial charge in [-0.1, -0.05) is 71.9 Å². The van der Waals surface area contributed by atoms with Crippen molar-refractivity contribution in [3.05, 3.63) is 121 Å². The van der Waals surface area contributed by atoms with Gasteiger partial charge in [-0.25, -0.2) is 9.55 Å². The van der Waals surface area contributed by atoms with Gasteiger partial charge in [-0.15, -0.1) is 0 Å². The summed E-state index contributed by atoms with van der Waals surface area (Å²) in [7, 11) is 2.07. The van der Waals surface area contributed by atoms with E-state index < -0.39 is 0 Å². The third-order valence-electron chi connectivity index (χ3n) is 8.55. The van der Waals surface area contributed by atoms with Gasteiger partial charge in [0.25, 0.3) is 0 Å². The maximum absolute atomic E-state index is 6.58. The molecule has 44 heavy (non-hydrogen) atoms. The third-order valence-corrected chi connectivity index (χ3v) is 8.55. The van der Waals surface area contributed by atoms with E-state index >= 15 is 0 Å². The predicted octanol–water partition coefficient (Wildman–Crippen LogP) is 9.33. The lowest BCUT2D eigenvalue weighted by Crippen LogP contribution is -2.25. The van der Waals surface area contributed by atoms with Crippen molar-refractivity contribution >= 4 is 32.8 Å². The highest BCUT2D eigenvalue weighted by Crippen LogP contribution is 2.40. The lowest BCUT2D eigenvalue weighted by molar-refractivity contribution is -0.645. The van der Waals surface area contributed by atoms with Crippen LogP contribution in [0, 0.1) is 0 Å². The van der Waals surface area contributed by atoms with E-state index in [1.165, 1.54) is 27.4 Å². The summed E-state index contributed by atoms with van der Waals surface area (Å²) >= 11 is 0. The smallest absolute Gasteiger partial charge is 0.249 e. The van der Waals surface area contributed by atoms with E-state index in [1.54, 1.807) is 0 Å². The molecule has 3 aromatic heterocycles. The summed E-state index contributed by atoms with van der Waals surface area (Å²) in [5, 5.41) is 2.46. The van der Waals surface area contributed by atoms with Gasteiger partial charge in [-0.3, -0.25) is 4.57 Å². The van der Waals surface area contributed by atoms with Crippen LogP contribution in [0.1, 0.15) is 52.7 Å². The van der Waals surface area contributed by atoms with Crippen LogP contribution in [0.15, 0.2) is 110 Å². The van der Waals surface area contributed by atoms with Crippen molar-refractivity contribution in [3.8, 4) is 23.0 Å². The lowest BCUT2D eigenvalue weighted by Gasteiger charge is -2.21. The summed E-state index contributed by atoms with van der Waals surface area (Å²) in [5.74, 6) is 2.48. The molecule has 0 bridgehead atoms. The quantitative estimate of drug-likeness (QED) is 0.195. The fourth-order valence-corrected chi connectivity index (χ4v) is 6.29. The Morgan fingerprint density at radius 2 is 1.43 bits per heavy atom. The Kier molecular flexibility index (Phi) is 6.40. The maximum atomic E-state index is 6.58. The molecular weight excluding hydrogens is 540 g/mol. The molecule has 0 atom stereocenters. The second-order valence-corrected chi connectivity index (χ2v) is 13.8. The zero-order valence-electron chi connectivity index (χ0n) is 26.6. The van der Waals surface area contributed by atoms with Crippen molar-refractivity contribution in [1.29, 1.82) is 0 Å². The molecule has 0 saturated carbocycles. The molecule has 5 nitrogen and oxygen atoms in total. The van der Waals surface area contributed by atoms with Crippen LogP contribution in [0.4, 0.5) is 0 Å². The van der Waals surface area contributed by atoms with Crippen LogP contribution >= 0.6 is 0 Å². The molecule has 0 saturated heterocycles. The summed E-state index contributed by atoms with van der Waals surface area (Å²) in [4.78, 5) is 4.89. The SMILES string of the molecule is C[n+]1cn(-c2cccc(Oc3ccc4c5c(C(C)(C)C)cccc5n(-c5cc(C(C)(C)C)ccn5)c4c3)c2)c2ccccc21. The van der Waals surface area contributed by atoms with Crippen molar-refractivity contribution < 1.29 is 9.30 Å². The minimum absolute atomic E-state index is 0.00833. The van der Waals surface area contributed by atoms with Gasteiger partial charge in [0.05, 0.1) is 18.1 Å². The molecule has 4 aromatic carbocycles. The first-order valence-electron chi connectivity index (χ1n) is 15.3. The molecule has 0 unspecified atom stereocenters. The van der Waals surface area contributed by atoms with E-state index in [4.69, 9.17) is 9.72 Å². The highest BCUT2D eigenvalue weighted by molar-refractivity contribution is 6.11. The lowest BCUT2D eigenvalue weighted by atomic mass is 9.84. The number of aryl methyl sites for hydroxylation is 1. The van der Waals surface area contributed by atoms with Crippen molar-refractivity contribution in [2.75, 3.05) is 0 Å². The van der Waals surface area contributed by atoms with Crippen LogP contribution in [0.25, 0.3) is 44.3 Å². The molecule has 5 heteroatoms. The number of aromatic nitrogens is 4. The van der Waals surface area contributed by atoms with Crippen LogP contribution in [-0.2, 0) is 17.9 Å². The molecule has 0 aliphatic carbocycles. The molecule has 0 aliphatic rings. The van der Waals surface area contributed by atoms with Crippen LogP contribution in [0.3, 0.4) is 0 Å².